The fourth-order valence-electron chi connectivity index (χ4n) is 2.94. The molecule has 0 fully saturated rings. The first-order valence-electron chi connectivity index (χ1n) is 9.60. The lowest BCUT2D eigenvalue weighted by Gasteiger charge is -2.25. The summed E-state index contributed by atoms with van der Waals surface area (Å²) >= 11 is 0. The molecule has 9 heteroatoms. The minimum absolute atomic E-state index is 0.0424. The van der Waals surface area contributed by atoms with Crippen molar-refractivity contribution >= 4 is 27.4 Å². The summed E-state index contributed by atoms with van der Waals surface area (Å²) in [6.07, 6.45) is 0.620. The summed E-state index contributed by atoms with van der Waals surface area (Å²) in [5.74, 6) is -0.491. The van der Waals surface area contributed by atoms with Gasteiger partial charge in [0.1, 0.15) is 5.82 Å². The minimum atomic E-state index is -3.82. The fourth-order valence-corrected chi connectivity index (χ4v) is 4.45. The number of nitrogens with one attached hydrogen (secondary N) is 1. The van der Waals surface area contributed by atoms with Crippen LogP contribution in [0.15, 0.2) is 47.4 Å². The highest BCUT2D eigenvalue weighted by molar-refractivity contribution is 7.89. The maximum absolute atomic E-state index is 13.3. The molecular weight excluding hydrogens is 407 g/mol. The van der Waals surface area contributed by atoms with Gasteiger partial charge in [0.15, 0.2) is 0 Å². The van der Waals surface area contributed by atoms with Crippen LogP contribution in [-0.4, -0.2) is 58.4 Å². The standard InChI is InChI=1S/C21H29FN4O3S/c1-6-13-26(30(28,29)19-10-7-17(22)8-11-19)15-16-14-18(23-21(27)25(4)5)9-12-20(16)24(2)3/h7-12,14H,6,13,15H2,1-5H3,(H,23,27). The van der Waals surface area contributed by atoms with Gasteiger partial charge >= 0.3 is 6.03 Å². The van der Waals surface area contributed by atoms with Crippen LogP contribution in [0, 0.1) is 5.82 Å². The van der Waals surface area contributed by atoms with Crippen molar-refractivity contribution in [2.24, 2.45) is 0 Å². The third-order valence-corrected chi connectivity index (χ3v) is 6.35. The minimum Gasteiger partial charge on any atom is -0.377 e. The maximum Gasteiger partial charge on any atom is 0.321 e. The molecule has 164 valence electrons. The number of hydrogen-bond donors (Lipinski definition) is 1. The molecule has 7 nitrogen and oxygen atoms in total. The topological polar surface area (TPSA) is 73.0 Å². The highest BCUT2D eigenvalue weighted by Crippen LogP contribution is 2.27. The van der Waals surface area contributed by atoms with Crippen molar-refractivity contribution in [3.63, 3.8) is 0 Å². The number of nitrogens with zero attached hydrogens (tertiary/aromatic N) is 3. The van der Waals surface area contributed by atoms with E-state index in [1.54, 1.807) is 26.2 Å². The van der Waals surface area contributed by atoms with Crippen molar-refractivity contribution in [3.05, 3.63) is 53.8 Å². The number of hydrogen-bond acceptors (Lipinski definition) is 4. The highest BCUT2D eigenvalue weighted by atomic mass is 32.2. The van der Waals surface area contributed by atoms with Crippen molar-refractivity contribution in [2.75, 3.05) is 45.0 Å². The smallest absolute Gasteiger partial charge is 0.321 e. The molecule has 0 unspecified atom stereocenters. The van der Waals surface area contributed by atoms with Gasteiger partial charge in [-0.25, -0.2) is 17.6 Å². The number of sulfonamides is 1. The first-order valence-corrected chi connectivity index (χ1v) is 11.0. The molecule has 30 heavy (non-hydrogen) atoms. The van der Waals surface area contributed by atoms with Crippen molar-refractivity contribution in [2.45, 2.75) is 24.8 Å². The predicted molar refractivity (Wildman–Crippen MR) is 118 cm³/mol. The van der Waals surface area contributed by atoms with Crippen LogP contribution in [0.1, 0.15) is 18.9 Å². The van der Waals surface area contributed by atoms with Crippen molar-refractivity contribution in [1.29, 1.82) is 0 Å². The molecule has 0 atom stereocenters. The summed E-state index contributed by atoms with van der Waals surface area (Å²) in [7, 11) is 3.21. The Hall–Kier alpha value is -2.65. The lowest BCUT2D eigenvalue weighted by Crippen LogP contribution is -2.32. The lowest BCUT2D eigenvalue weighted by atomic mass is 10.1. The Morgan fingerprint density at radius 2 is 1.67 bits per heavy atom. The Bertz CT molecular complexity index is 976. The third kappa shape index (κ3) is 5.70. The van der Waals surface area contributed by atoms with Crippen molar-refractivity contribution < 1.29 is 17.6 Å². The summed E-state index contributed by atoms with van der Waals surface area (Å²) in [5.41, 5.74) is 2.16. The van der Waals surface area contributed by atoms with E-state index in [9.17, 15) is 17.6 Å². The fraction of sp³-hybridized carbons (Fsp3) is 0.381. The lowest BCUT2D eigenvalue weighted by molar-refractivity contribution is 0.230. The molecule has 0 aliphatic carbocycles. The van der Waals surface area contributed by atoms with Gasteiger partial charge in [0.2, 0.25) is 10.0 Å². The summed E-state index contributed by atoms with van der Waals surface area (Å²) in [4.78, 5) is 15.4. The van der Waals surface area contributed by atoms with E-state index in [4.69, 9.17) is 0 Å². The summed E-state index contributed by atoms with van der Waals surface area (Å²) in [6.45, 7) is 2.32. The number of carbonyl (C=O) groups is 1. The maximum atomic E-state index is 13.3. The van der Waals surface area contributed by atoms with Crippen LogP contribution in [-0.2, 0) is 16.6 Å². The molecule has 0 bridgehead atoms. The Morgan fingerprint density at radius 3 is 2.20 bits per heavy atom. The van der Waals surface area contributed by atoms with Crippen LogP contribution in [0.2, 0.25) is 0 Å². The van der Waals surface area contributed by atoms with Gasteiger partial charge in [-0.3, -0.25) is 0 Å². The zero-order chi connectivity index (χ0) is 22.5. The van der Waals surface area contributed by atoms with Crippen LogP contribution in [0.4, 0.5) is 20.6 Å². The van der Waals surface area contributed by atoms with E-state index in [-0.39, 0.29) is 17.5 Å². The number of anilines is 2. The normalized spacial score (nSPS) is 11.4. The molecule has 0 saturated heterocycles. The molecule has 2 rings (SSSR count). The van der Waals surface area contributed by atoms with E-state index in [0.29, 0.717) is 18.7 Å². The Morgan fingerprint density at radius 1 is 1.03 bits per heavy atom. The van der Waals surface area contributed by atoms with E-state index >= 15 is 0 Å². The summed E-state index contributed by atoms with van der Waals surface area (Å²) in [5, 5.41) is 2.79. The SMILES string of the molecule is CCCN(Cc1cc(NC(=O)N(C)C)ccc1N(C)C)S(=O)(=O)c1ccc(F)cc1. The number of carbonyl (C=O) groups excluding carboxylic acids is 1. The highest BCUT2D eigenvalue weighted by Gasteiger charge is 2.25. The number of rotatable bonds is 8. The van der Waals surface area contributed by atoms with Crippen molar-refractivity contribution in [3.8, 4) is 0 Å². The van der Waals surface area contributed by atoms with Crippen LogP contribution in [0.5, 0.6) is 0 Å². The second-order valence-corrected chi connectivity index (χ2v) is 9.29. The monoisotopic (exact) mass is 436 g/mol. The molecule has 2 aromatic rings. The Balaban J connectivity index is 2.43. The van der Waals surface area contributed by atoms with E-state index in [0.717, 1.165) is 23.4 Å². The average Bonchev–Trinajstić information content (AvgIpc) is 2.67. The largest absolute Gasteiger partial charge is 0.377 e. The predicted octanol–water partition coefficient (Wildman–Crippen LogP) is 3.59. The van der Waals surface area contributed by atoms with Gasteiger partial charge in [0.25, 0.3) is 0 Å². The van der Waals surface area contributed by atoms with Gasteiger partial charge in [-0.2, -0.15) is 4.31 Å². The zero-order valence-corrected chi connectivity index (χ0v) is 18.8. The molecule has 0 saturated carbocycles. The van der Waals surface area contributed by atoms with Gasteiger partial charge in [0.05, 0.1) is 4.90 Å². The van der Waals surface area contributed by atoms with Gasteiger partial charge in [-0.1, -0.05) is 6.92 Å². The van der Waals surface area contributed by atoms with Crippen molar-refractivity contribution in [1.82, 2.24) is 9.21 Å². The second-order valence-electron chi connectivity index (χ2n) is 7.36. The number of benzene rings is 2. The molecule has 0 aliphatic rings. The van der Waals surface area contributed by atoms with Gasteiger partial charge < -0.3 is 15.1 Å². The molecule has 0 heterocycles. The number of amides is 2. The van der Waals surface area contributed by atoms with Crippen LogP contribution in [0.25, 0.3) is 0 Å². The van der Waals surface area contributed by atoms with E-state index < -0.39 is 15.8 Å². The molecule has 2 aromatic carbocycles. The van der Waals surface area contributed by atoms with Gasteiger partial charge in [-0.15, -0.1) is 0 Å². The van der Waals surface area contributed by atoms with E-state index in [1.165, 1.54) is 21.3 Å². The van der Waals surface area contributed by atoms with Gasteiger partial charge in [0, 0.05) is 52.7 Å². The number of halogens is 1. The molecule has 0 radical (unpaired) electrons. The molecule has 0 aromatic heterocycles. The van der Waals surface area contributed by atoms with Crippen LogP contribution >= 0.6 is 0 Å². The van der Waals surface area contributed by atoms with E-state index in [1.807, 2.05) is 32.0 Å². The molecular formula is C21H29FN4O3S. The quantitative estimate of drug-likeness (QED) is 0.686. The molecule has 1 N–H and O–H groups in total. The Kier molecular flexibility index (Phi) is 7.80. The van der Waals surface area contributed by atoms with Crippen LogP contribution < -0.4 is 10.2 Å². The van der Waals surface area contributed by atoms with E-state index in [2.05, 4.69) is 5.32 Å². The molecule has 0 aliphatic heterocycles. The third-order valence-electron chi connectivity index (χ3n) is 4.49. The average molecular weight is 437 g/mol. The summed E-state index contributed by atoms with van der Waals surface area (Å²) in [6, 6.07) is 9.94. The second kappa shape index (κ2) is 9.90. The summed E-state index contributed by atoms with van der Waals surface area (Å²) < 4.78 is 41.0. The van der Waals surface area contributed by atoms with Gasteiger partial charge in [-0.05, 0) is 54.4 Å². The zero-order valence-electron chi connectivity index (χ0n) is 18.0. The molecule has 0 spiro atoms. The first kappa shape index (κ1) is 23.6. The molecule has 2 amide bonds. The first-order chi connectivity index (χ1) is 14.1. The Labute approximate surface area is 178 Å². The number of urea groups is 1. The van der Waals surface area contributed by atoms with Crippen LogP contribution in [0.3, 0.4) is 0 Å².